The highest BCUT2D eigenvalue weighted by atomic mass is 32.2. The van der Waals surface area contributed by atoms with Crippen molar-refractivity contribution in [3.63, 3.8) is 0 Å². The fourth-order valence-corrected chi connectivity index (χ4v) is 3.45. The minimum Gasteiger partial charge on any atom is -0.497 e. The van der Waals surface area contributed by atoms with Crippen LogP contribution in [0.3, 0.4) is 0 Å². The average molecular weight is 410 g/mol. The van der Waals surface area contributed by atoms with Crippen LogP contribution in [0, 0.1) is 0 Å². The molecule has 0 aliphatic rings. The van der Waals surface area contributed by atoms with Gasteiger partial charge in [-0.1, -0.05) is 35.7 Å². The van der Waals surface area contributed by atoms with Gasteiger partial charge in [-0.05, 0) is 29.8 Å². The molecule has 142 valence electrons. The Balaban J connectivity index is 1.66. The Morgan fingerprint density at radius 1 is 1.00 bits per heavy atom. The van der Waals surface area contributed by atoms with Crippen molar-refractivity contribution >= 4 is 23.5 Å². The Hall–Kier alpha value is -2.26. The molecule has 1 aromatic heterocycles. The number of hydrogen-bond donors (Lipinski definition) is 0. The Bertz CT molecular complexity index is 866. The van der Waals surface area contributed by atoms with Crippen molar-refractivity contribution in [1.82, 2.24) is 10.2 Å². The van der Waals surface area contributed by atoms with E-state index in [9.17, 15) is 8.78 Å². The zero-order valence-corrected chi connectivity index (χ0v) is 16.2. The third-order valence-corrected chi connectivity index (χ3v) is 5.13. The Morgan fingerprint density at radius 3 is 2.26 bits per heavy atom. The third kappa shape index (κ3) is 5.36. The summed E-state index contributed by atoms with van der Waals surface area (Å²) in [5.41, 5.74) is 1.67. The van der Waals surface area contributed by atoms with Crippen LogP contribution in [0.1, 0.15) is 5.56 Å². The van der Waals surface area contributed by atoms with Crippen molar-refractivity contribution in [2.45, 2.75) is 21.6 Å². The Labute approximate surface area is 163 Å². The van der Waals surface area contributed by atoms with Crippen LogP contribution in [0.15, 0.2) is 57.0 Å². The van der Waals surface area contributed by atoms with Gasteiger partial charge in [-0.3, -0.25) is 0 Å². The summed E-state index contributed by atoms with van der Waals surface area (Å²) in [7, 11) is 3.14. The first kappa shape index (κ1) is 19.5. The molecule has 0 amide bonds. The first-order valence-corrected chi connectivity index (χ1v) is 9.67. The Morgan fingerprint density at radius 2 is 1.67 bits per heavy atom. The number of aromatic nitrogens is 2. The maximum atomic E-state index is 12.3. The summed E-state index contributed by atoms with van der Waals surface area (Å²) in [5, 5.41) is 8.51. The zero-order chi connectivity index (χ0) is 19.2. The molecule has 0 spiro atoms. The van der Waals surface area contributed by atoms with Crippen molar-refractivity contribution in [2.24, 2.45) is 0 Å². The van der Waals surface area contributed by atoms with Gasteiger partial charge in [-0.15, -0.1) is 10.2 Å². The molecule has 0 fully saturated rings. The van der Waals surface area contributed by atoms with Crippen LogP contribution in [0.5, 0.6) is 11.5 Å². The lowest BCUT2D eigenvalue weighted by Gasteiger charge is -2.05. The van der Waals surface area contributed by atoms with E-state index in [4.69, 9.17) is 13.9 Å². The number of benzene rings is 2. The molecule has 9 heteroatoms. The van der Waals surface area contributed by atoms with Crippen LogP contribution < -0.4 is 9.47 Å². The molecule has 27 heavy (non-hydrogen) atoms. The van der Waals surface area contributed by atoms with Crippen molar-refractivity contribution in [1.29, 1.82) is 0 Å². The second kappa shape index (κ2) is 9.09. The molecule has 0 N–H and O–H groups in total. The van der Waals surface area contributed by atoms with E-state index in [-0.39, 0.29) is 0 Å². The smallest absolute Gasteiger partial charge is 0.288 e. The molecule has 0 radical (unpaired) electrons. The van der Waals surface area contributed by atoms with Crippen LogP contribution in [0.4, 0.5) is 8.78 Å². The van der Waals surface area contributed by atoms with E-state index >= 15 is 0 Å². The second-order valence-electron chi connectivity index (χ2n) is 5.29. The highest BCUT2D eigenvalue weighted by Gasteiger charge is 2.12. The van der Waals surface area contributed by atoms with Crippen LogP contribution in [-0.2, 0) is 5.75 Å². The lowest BCUT2D eigenvalue weighted by atomic mass is 10.2. The van der Waals surface area contributed by atoms with Gasteiger partial charge in [-0.2, -0.15) is 8.78 Å². The Kier molecular flexibility index (Phi) is 6.57. The average Bonchev–Trinajstić information content (AvgIpc) is 3.15. The first-order valence-electron chi connectivity index (χ1n) is 7.81. The van der Waals surface area contributed by atoms with Crippen molar-refractivity contribution in [3.05, 3.63) is 48.0 Å². The van der Waals surface area contributed by atoms with Gasteiger partial charge in [0.1, 0.15) is 11.5 Å². The first-order chi connectivity index (χ1) is 13.1. The molecule has 0 saturated heterocycles. The topological polar surface area (TPSA) is 57.4 Å². The lowest BCUT2D eigenvalue weighted by Crippen LogP contribution is -1.88. The summed E-state index contributed by atoms with van der Waals surface area (Å²) in [4.78, 5) is 0.533. The fourth-order valence-electron chi connectivity index (χ4n) is 2.23. The predicted molar refractivity (Wildman–Crippen MR) is 101 cm³/mol. The van der Waals surface area contributed by atoms with E-state index < -0.39 is 5.76 Å². The number of nitrogens with zero attached hydrogens (tertiary/aromatic N) is 2. The molecule has 3 aromatic rings. The normalized spacial score (nSPS) is 11.0. The van der Waals surface area contributed by atoms with Crippen molar-refractivity contribution in [2.75, 3.05) is 14.2 Å². The van der Waals surface area contributed by atoms with E-state index in [0.717, 1.165) is 5.56 Å². The van der Waals surface area contributed by atoms with Gasteiger partial charge in [0.2, 0.25) is 5.89 Å². The van der Waals surface area contributed by atoms with E-state index in [2.05, 4.69) is 10.2 Å². The minimum atomic E-state index is -2.42. The van der Waals surface area contributed by atoms with Gasteiger partial charge in [0.15, 0.2) is 0 Å². The van der Waals surface area contributed by atoms with Gasteiger partial charge < -0.3 is 13.9 Å². The number of halogens is 2. The van der Waals surface area contributed by atoms with E-state index in [1.165, 1.54) is 11.8 Å². The summed E-state index contributed by atoms with van der Waals surface area (Å²) >= 11 is 1.90. The molecule has 0 atom stereocenters. The van der Waals surface area contributed by atoms with Crippen LogP contribution in [0.2, 0.25) is 0 Å². The SMILES string of the molecule is COc1cc(OC)cc(-c2nnc(SCc3ccc(SC(F)F)cc3)o2)c1. The van der Waals surface area contributed by atoms with Crippen LogP contribution in [0.25, 0.3) is 11.5 Å². The molecule has 0 unspecified atom stereocenters. The van der Waals surface area contributed by atoms with E-state index in [0.29, 0.717) is 50.6 Å². The van der Waals surface area contributed by atoms with Gasteiger partial charge in [-0.25, -0.2) is 0 Å². The van der Waals surface area contributed by atoms with Gasteiger partial charge in [0, 0.05) is 22.3 Å². The minimum absolute atomic E-state index is 0.360. The third-order valence-electron chi connectivity index (χ3n) is 3.52. The molecule has 2 aromatic carbocycles. The standard InChI is InChI=1S/C18H16F2N2O3S2/c1-23-13-7-12(8-14(9-13)24-2)16-21-22-18(25-16)26-10-11-3-5-15(6-4-11)27-17(19)20/h3-9,17H,10H2,1-2H3. The van der Waals surface area contributed by atoms with E-state index in [1.807, 2.05) is 12.1 Å². The van der Waals surface area contributed by atoms with Crippen molar-refractivity contribution < 1.29 is 22.7 Å². The molecule has 0 aliphatic heterocycles. The monoisotopic (exact) mass is 410 g/mol. The number of ether oxygens (including phenoxy) is 2. The summed E-state index contributed by atoms with van der Waals surface area (Å²) in [6.45, 7) is 0. The second-order valence-corrected chi connectivity index (χ2v) is 7.28. The quantitative estimate of drug-likeness (QED) is 0.463. The molecule has 0 saturated carbocycles. The molecule has 5 nitrogen and oxygen atoms in total. The number of thioether (sulfide) groups is 2. The number of methoxy groups -OCH3 is 2. The lowest BCUT2D eigenvalue weighted by molar-refractivity contribution is 0.252. The van der Waals surface area contributed by atoms with Gasteiger partial charge >= 0.3 is 0 Å². The molecule has 0 aliphatic carbocycles. The van der Waals surface area contributed by atoms with E-state index in [1.54, 1.807) is 44.6 Å². The van der Waals surface area contributed by atoms with Crippen LogP contribution >= 0.6 is 23.5 Å². The van der Waals surface area contributed by atoms with Crippen LogP contribution in [-0.4, -0.2) is 30.2 Å². The van der Waals surface area contributed by atoms with Crippen molar-refractivity contribution in [3.8, 4) is 23.0 Å². The molecular formula is C18H16F2N2O3S2. The maximum absolute atomic E-state index is 12.3. The molecular weight excluding hydrogens is 394 g/mol. The number of alkyl halides is 2. The summed E-state index contributed by atoms with van der Waals surface area (Å²) in [6, 6.07) is 12.3. The molecule has 3 rings (SSSR count). The largest absolute Gasteiger partial charge is 0.497 e. The van der Waals surface area contributed by atoms with Gasteiger partial charge in [0.05, 0.1) is 14.2 Å². The number of hydrogen-bond acceptors (Lipinski definition) is 7. The highest BCUT2D eigenvalue weighted by Crippen LogP contribution is 2.31. The molecule has 1 heterocycles. The maximum Gasteiger partial charge on any atom is 0.288 e. The number of rotatable bonds is 8. The van der Waals surface area contributed by atoms with Gasteiger partial charge in [0.25, 0.3) is 11.0 Å². The zero-order valence-electron chi connectivity index (χ0n) is 14.5. The summed E-state index contributed by atoms with van der Waals surface area (Å²) in [5.74, 6) is -0.226. The summed E-state index contributed by atoms with van der Waals surface area (Å²) < 4.78 is 40.9. The predicted octanol–water partition coefficient (Wildman–Crippen LogP) is 5.36. The summed E-state index contributed by atoms with van der Waals surface area (Å²) in [6.07, 6.45) is 0. The fraction of sp³-hybridized carbons (Fsp3) is 0.222. The molecule has 0 bridgehead atoms. The highest BCUT2D eigenvalue weighted by molar-refractivity contribution is 7.99.